The lowest BCUT2D eigenvalue weighted by Crippen LogP contribution is -2.55. The van der Waals surface area contributed by atoms with Gasteiger partial charge in [-0.15, -0.1) is 0 Å². The average molecular weight is 466 g/mol. The van der Waals surface area contributed by atoms with Crippen LogP contribution >= 0.6 is 15.9 Å². The highest BCUT2D eigenvalue weighted by atomic mass is 79.9. The molecule has 0 radical (unpaired) electrons. The number of rotatable bonds is 2. The Morgan fingerprint density at radius 2 is 2.07 bits per heavy atom. The Kier molecular flexibility index (Phi) is 5.23. The van der Waals surface area contributed by atoms with E-state index in [1.54, 1.807) is 12.4 Å². The number of nitrogens with zero attached hydrogens (tertiary/aromatic N) is 4. The number of carbonyl (C=O) groups excluding carboxylic acids is 1. The Morgan fingerprint density at radius 1 is 1.34 bits per heavy atom. The molecular formula is C20H28BrN5O3. The molecule has 1 N–H and O–H groups in total. The number of anilines is 1. The van der Waals surface area contributed by atoms with Crippen molar-refractivity contribution < 1.29 is 14.3 Å². The van der Waals surface area contributed by atoms with Gasteiger partial charge in [-0.3, -0.25) is 4.40 Å². The molecule has 0 saturated carbocycles. The lowest BCUT2D eigenvalue weighted by Gasteiger charge is -2.42. The standard InChI is InChI=1S/C20H28BrN5O3/c1-13-15(24-18(27)29-19(2,3)4)20(12-28-13)5-8-25(9-6-20)17-23-11-14(21)16-22-7-10-26(16)17/h7,10-11,13,15H,5-6,8-9,12H2,1-4H3,(H,24,27)/t13-,15+/m0/s1. The third kappa shape index (κ3) is 3.94. The molecule has 1 amide bonds. The maximum absolute atomic E-state index is 12.4. The van der Waals surface area contributed by atoms with Gasteiger partial charge < -0.3 is 19.7 Å². The summed E-state index contributed by atoms with van der Waals surface area (Å²) in [5, 5.41) is 3.09. The molecule has 0 bridgehead atoms. The first-order valence-corrected chi connectivity index (χ1v) is 10.8. The van der Waals surface area contributed by atoms with E-state index in [1.165, 1.54) is 0 Å². The zero-order valence-corrected chi connectivity index (χ0v) is 18.9. The van der Waals surface area contributed by atoms with Crippen LogP contribution in [0.4, 0.5) is 10.7 Å². The van der Waals surface area contributed by atoms with Crippen LogP contribution in [0, 0.1) is 5.41 Å². The van der Waals surface area contributed by atoms with Crippen LogP contribution in [0.25, 0.3) is 5.65 Å². The number of hydrogen-bond donors (Lipinski definition) is 1. The van der Waals surface area contributed by atoms with Crippen molar-refractivity contribution in [2.45, 2.75) is 58.3 Å². The van der Waals surface area contributed by atoms with Gasteiger partial charge in [0, 0.05) is 37.1 Å². The molecule has 158 valence electrons. The second-order valence-corrected chi connectivity index (χ2v) is 9.87. The summed E-state index contributed by atoms with van der Waals surface area (Å²) >= 11 is 3.51. The molecule has 9 heteroatoms. The molecule has 0 aromatic carbocycles. The maximum Gasteiger partial charge on any atom is 0.407 e. The van der Waals surface area contributed by atoms with Gasteiger partial charge >= 0.3 is 6.09 Å². The van der Waals surface area contributed by atoms with Gasteiger partial charge in [-0.25, -0.2) is 14.8 Å². The number of hydrogen-bond acceptors (Lipinski definition) is 6. The molecule has 2 aromatic heterocycles. The molecular weight excluding hydrogens is 438 g/mol. The van der Waals surface area contributed by atoms with Crippen molar-refractivity contribution in [2.75, 3.05) is 24.6 Å². The smallest absolute Gasteiger partial charge is 0.407 e. The Morgan fingerprint density at radius 3 is 2.76 bits per heavy atom. The minimum Gasteiger partial charge on any atom is -0.444 e. The van der Waals surface area contributed by atoms with Gasteiger partial charge in [-0.1, -0.05) is 0 Å². The summed E-state index contributed by atoms with van der Waals surface area (Å²) in [4.78, 5) is 23.7. The molecule has 2 aromatic rings. The summed E-state index contributed by atoms with van der Waals surface area (Å²) in [5.74, 6) is 0.888. The number of aromatic nitrogens is 3. The van der Waals surface area contributed by atoms with E-state index < -0.39 is 5.60 Å². The number of ether oxygens (including phenoxy) is 2. The summed E-state index contributed by atoms with van der Waals surface area (Å²) in [7, 11) is 0. The molecule has 8 nitrogen and oxygen atoms in total. The second-order valence-electron chi connectivity index (χ2n) is 9.02. The molecule has 2 aliphatic heterocycles. The van der Waals surface area contributed by atoms with Gasteiger partial charge in [0.2, 0.25) is 5.95 Å². The number of alkyl carbamates (subject to hydrolysis) is 1. The van der Waals surface area contributed by atoms with Crippen molar-refractivity contribution in [1.29, 1.82) is 0 Å². The van der Waals surface area contributed by atoms with Gasteiger partial charge in [0.15, 0.2) is 5.65 Å². The highest BCUT2D eigenvalue weighted by Gasteiger charge is 2.50. The molecule has 2 fully saturated rings. The third-order valence-corrected chi connectivity index (χ3v) is 6.40. The summed E-state index contributed by atoms with van der Waals surface area (Å²) in [5.41, 5.74) is 0.251. The fourth-order valence-electron chi connectivity index (χ4n) is 4.40. The van der Waals surface area contributed by atoms with Crippen molar-refractivity contribution in [3.05, 3.63) is 23.1 Å². The average Bonchev–Trinajstić information content (AvgIpc) is 3.24. The molecule has 4 rings (SSSR count). The Balaban J connectivity index is 1.49. The van der Waals surface area contributed by atoms with Crippen molar-refractivity contribution in [3.63, 3.8) is 0 Å². The number of nitrogens with one attached hydrogen (secondary N) is 1. The van der Waals surface area contributed by atoms with Gasteiger partial charge in [-0.05, 0) is 56.5 Å². The Bertz CT molecular complexity index is 901. The Hall–Kier alpha value is -1.87. The van der Waals surface area contributed by atoms with E-state index in [-0.39, 0.29) is 23.7 Å². The zero-order chi connectivity index (χ0) is 20.8. The molecule has 29 heavy (non-hydrogen) atoms. The number of piperidine rings is 1. The zero-order valence-electron chi connectivity index (χ0n) is 17.3. The van der Waals surface area contributed by atoms with Crippen LogP contribution in [0.15, 0.2) is 23.1 Å². The highest BCUT2D eigenvalue weighted by molar-refractivity contribution is 9.10. The molecule has 1 spiro atoms. The van der Waals surface area contributed by atoms with Crippen molar-refractivity contribution in [2.24, 2.45) is 5.41 Å². The third-order valence-electron chi connectivity index (χ3n) is 5.84. The summed E-state index contributed by atoms with van der Waals surface area (Å²) < 4.78 is 14.3. The van der Waals surface area contributed by atoms with E-state index in [2.05, 4.69) is 36.1 Å². The van der Waals surface area contributed by atoms with Crippen LogP contribution in [-0.2, 0) is 9.47 Å². The van der Waals surface area contributed by atoms with Crippen LogP contribution < -0.4 is 10.2 Å². The molecule has 2 atom stereocenters. The fourth-order valence-corrected chi connectivity index (χ4v) is 4.80. The van der Waals surface area contributed by atoms with E-state index >= 15 is 0 Å². The van der Waals surface area contributed by atoms with Crippen molar-refractivity contribution in [3.8, 4) is 0 Å². The van der Waals surface area contributed by atoms with Crippen LogP contribution in [0.1, 0.15) is 40.5 Å². The van der Waals surface area contributed by atoms with Crippen LogP contribution in [-0.4, -0.2) is 57.9 Å². The van der Waals surface area contributed by atoms with Gasteiger partial charge in [0.1, 0.15) is 5.60 Å². The predicted octanol–water partition coefficient (Wildman–Crippen LogP) is 3.39. The first kappa shape index (κ1) is 20.4. The van der Waals surface area contributed by atoms with E-state index in [9.17, 15) is 4.79 Å². The van der Waals surface area contributed by atoms with Gasteiger partial charge in [-0.2, -0.15) is 0 Å². The molecule has 0 unspecified atom stereocenters. The lowest BCUT2D eigenvalue weighted by molar-refractivity contribution is 0.0434. The van der Waals surface area contributed by atoms with E-state index in [0.717, 1.165) is 42.0 Å². The normalized spacial score (nSPS) is 24.2. The van der Waals surface area contributed by atoms with Gasteiger partial charge in [0.05, 0.1) is 23.2 Å². The van der Waals surface area contributed by atoms with Crippen LogP contribution in [0.2, 0.25) is 0 Å². The topological polar surface area (TPSA) is 81.0 Å². The molecule has 0 aliphatic carbocycles. The van der Waals surface area contributed by atoms with E-state index in [4.69, 9.17) is 9.47 Å². The quantitative estimate of drug-likeness (QED) is 0.731. The predicted molar refractivity (Wildman–Crippen MR) is 113 cm³/mol. The largest absolute Gasteiger partial charge is 0.444 e. The number of carbonyl (C=O) groups is 1. The monoisotopic (exact) mass is 465 g/mol. The first-order valence-electron chi connectivity index (χ1n) is 10.0. The fraction of sp³-hybridized carbons (Fsp3) is 0.650. The van der Waals surface area contributed by atoms with Crippen LogP contribution in [0.3, 0.4) is 0 Å². The summed E-state index contributed by atoms with van der Waals surface area (Å²) in [6, 6.07) is -0.0642. The number of fused-ring (bicyclic) bond motifs is 1. The summed E-state index contributed by atoms with van der Waals surface area (Å²) in [6.07, 6.45) is 6.91. The highest BCUT2D eigenvalue weighted by Crippen LogP contribution is 2.43. The maximum atomic E-state index is 12.4. The minimum absolute atomic E-state index is 0.0415. The molecule has 2 aliphatic rings. The lowest BCUT2D eigenvalue weighted by atomic mass is 9.73. The number of halogens is 1. The number of imidazole rings is 1. The van der Waals surface area contributed by atoms with Crippen molar-refractivity contribution >= 4 is 33.6 Å². The number of amides is 1. The molecule has 2 saturated heterocycles. The second kappa shape index (κ2) is 7.43. The van der Waals surface area contributed by atoms with Crippen LogP contribution in [0.5, 0.6) is 0 Å². The van der Waals surface area contributed by atoms with E-state index in [1.807, 2.05) is 38.3 Å². The first-order chi connectivity index (χ1) is 13.7. The van der Waals surface area contributed by atoms with Crippen molar-refractivity contribution in [1.82, 2.24) is 19.7 Å². The van der Waals surface area contributed by atoms with Gasteiger partial charge in [0.25, 0.3) is 0 Å². The molecule has 4 heterocycles. The Labute approximate surface area is 179 Å². The summed E-state index contributed by atoms with van der Waals surface area (Å²) in [6.45, 7) is 9.96. The SMILES string of the molecule is C[C@@H]1OCC2(CCN(c3ncc(Br)c4nccn34)CC2)[C@@H]1NC(=O)OC(C)(C)C. The van der Waals surface area contributed by atoms with E-state index in [0.29, 0.717) is 6.61 Å². The minimum atomic E-state index is -0.521.